The van der Waals surface area contributed by atoms with Crippen LogP contribution in [-0.2, 0) is 10.0 Å². The number of methoxy groups -OCH3 is 1. The standard InChI is InChI=1S/C14H17N3O5S/c1-10-9-13(16-22-10)17-23(19,20)8-7-15-14(18)11-3-5-12(21-2)6-4-11/h3-6,9H,7-8H2,1-2H3,(H,15,18)(H,16,17). The Balaban J connectivity index is 1.84. The van der Waals surface area contributed by atoms with Crippen LogP contribution in [-0.4, -0.2) is 38.9 Å². The van der Waals surface area contributed by atoms with E-state index in [4.69, 9.17) is 9.26 Å². The Bertz CT molecular complexity index is 768. The zero-order chi connectivity index (χ0) is 16.9. The van der Waals surface area contributed by atoms with Crippen molar-refractivity contribution in [2.45, 2.75) is 6.92 Å². The van der Waals surface area contributed by atoms with Crippen molar-refractivity contribution >= 4 is 21.7 Å². The number of anilines is 1. The first kappa shape index (κ1) is 16.8. The summed E-state index contributed by atoms with van der Waals surface area (Å²) in [6, 6.07) is 7.96. The number of rotatable bonds is 7. The van der Waals surface area contributed by atoms with Crippen LogP contribution in [0.4, 0.5) is 5.82 Å². The lowest BCUT2D eigenvalue weighted by Gasteiger charge is -2.07. The van der Waals surface area contributed by atoms with Crippen LogP contribution >= 0.6 is 0 Å². The third-order valence-corrected chi connectivity index (χ3v) is 4.16. The second-order valence-electron chi connectivity index (χ2n) is 4.73. The van der Waals surface area contributed by atoms with E-state index in [2.05, 4.69) is 15.2 Å². The van der Waals surface area contributed by atoms with Crippen molar-refractivity contribution in [3.8, 4) is 5.75 Å². The number of carbonyl (C=O) groups is 1. The van der Waals surface area contributed by atoms with Crippen LogP contribution in [0.2, 0.25) is 0 Å². The van der Waals surface area contributed by atoms with E-state index < -0.39 is 10.0 Å². The summed E-state index contributed by atoms with van der Waals surface area (Å²) in [7, 11) is -2.09. The van der Waals surface area contributed by atoms with Crippen molar-refractivity contribution in [3.63, 3.8) is 0 Å². The number of amides is 1. The van der Waals surface area contributed by atoms with Crippen LogP contribution < -0.4 is 14.8 Å². The van der Waals surface area contributed by atoms with E-state index in [0.29, 0.717) is 17.1 Å². The minimum absolute atomic E-state index is 0.0307. The fourth-order valence-corrected chi connectivity index (χ4v) is 2.66. The molecule has 0 fully saturated rings. The van der Waals surface area contributed by atoms with Gasteiger partial charge in [0.25, 0.3) is 5.91 Å². The van der Waals surface area contributed by atoms with Gasteiger partial charge in [-0.25, -0.2) is 8.42 Å². The summed E-state index contributed by atoms with van der Waals surface area (Å²) in [6.07, 6.45) is 0. The second kappa shape index (κ2) is 7.14. The molecule has 0 spiro atoms. The highest BCUT2D eigenvalue weighted by molar-refractivity contribution is 7.92. The molecule has 1 aromatic carbocycles. The highest BCUT2D eigenvalue weighted by atomic mass is 32.2. The van der Waals surface area contributed by atoms with Gasteiger partial charge in [0.05, 0.1) is 12.9 Å². The van der Waals surface area contributed by atoms with Gasteiger partial charge in [0.15, 0.2) is 5.82 Å². The summed E-state index contributed by atoms with van der Waals surface area (Å²) in [6.45, 7) is 1.62. The molecule has 0 radical (unpaired) electrons. The van der Waals surface area contributed by atoms with E-state index in [1.807, 2.05) is 0 Å². The van der Waals surface area contributed by atoms with Gasteiger partial charge in [-0.3, -0.25) is 9.52 Å². The molecule has 8 nitrogen and oxygen atoms in total. The molecule has 0 unspecified atom stereocenters. The molecule has 0 saturated carbocycles. The molecular formula is C14H17N3O5S. The van der Waals surface area contributed by atoms with Gasteiger partial charge in [-0.1, -0.05) is 5.16 Å². The van der Waals surface area contributed by atoms with Gasteiger partial charge >= 0.3 is 0 Å². The van der Waals surface area contributed by atoms with Crippen molar-refractivity contribution in [1.82, 2.24) is 10.5 Å². The maximum Gasteiger partial charge on any atom is 0.251 e. The highest BCUT2D eigenvalue weighted by Crippen LogP contribution is 2.11. The minimum atomic E-state index is -3.62. The summed E-state index contributed by atoms with van der Waals surface area (Å²) in [5.74, 6) is 0.608. The zero-order valence-corrected chi connectivity index (χ0v) is 13.5. The Morgan fingerprint density at radius 3 is 2.57 bits per heavy atom. The minimum Gasteiger partial charge on any atom is -0.497 e. The molecule has 2 rings (SSSR count). The Kier molecular flexibility index (Phi) is 5.22. The predicted molar refractivity (Wildman–Crippen MR) is 84.0 cm³/mol. The van der Waals surface area contributed by atoms with Crippen molar-refractivity contribution in [2.24, 2.45) is 0 Å². The molecule has 1 aromatic heterocycles. The van der Waals surface area contributed by atoms with Gasteiger partial charge in [0.1, 0.15) is 11.5 Å². The Morgan fingerprint density at radius 1 is 1.30 bits per heavy atom. The van der Waals surface area contributed by atoms with E-state index in [9.17, 15) is 13.2 Å². The summed E-state index contributed by atoms with van der Waals surface area (Å²) < 4.78 is 35.7. The molecule has 0 atom stereocenters. The van der Waals surface area contributed by atoms with Gasteiger partial charge in [0, 0.05) is 18.2 Å². The molecule has 0 aliphatic rings. The number of hydrogen-bond donors (Lipinski definition) is 2. The molecule has 2 N–H and O–H groups in total. The lowest BCUT2D eigenvalue weighted by atomic mass is 10.2. The molecule has 0 aliphatic heterocycles. The number of nitrogens with zero attached hydrogens (tertiary/aromatic N) is 1. The zero-order valence-electron chi connectivity index (χ0n) is 12.7. The van der Waals surface area contributed by atoms with Gasteiger partial charge < -0.3 is 14.6 Å². The monoisotopic (exact) mass is 339 g/mol. The highest BCUT2D eigenvalue weighted by Gasteiger charge is 2.14. The average Bonchev–Trinajstić information content (AvgIpc) is 2.91. The number of nitrogens with one attached hydrogen (secondary N) is 2. The molecule has 0 bridgehead atoms. The molecule has 1 amide bonds. The van der Waals surface area contributed by atoms with Crippen molar-refractivity contribution in [1.29, 1.82) is 0 Å². The summed E-state index contributed by atoms with van der Waals surface area (Å²) >= 11 is 0. The number of aromatic nitrogens is 1. The van der Waals surface area contributed by atoms with Gasteiger partial charge in [-0.05, 0) is 31.2 Å². The smallest absolute Gasteiger partial charge is 0.251 e. The van der Waals surface area contributed by atoms with E-state index in [1.54, 1.807) is 31.2 Å². The summed E-state index contributed by atoms with van der Waals surface area (Å²) in [5, 5.41) is 6.08. The number of hydrogen-bond acceptors (Lipinski definition) is 6. The molecule has 9 heteroatoms. The van der Waals surface area contributed by atoms with Crippen molar-refractivity contribution in [3.05, 3.63) is 41.7 Å². The molecule has 1 heterocycles. The van der Waals surface area contributed by atoms with E-state index in [0.717, 1.165) is 0 Å². The van der Waals surface area contributed by atoms with Crippen LogP contribution in [0.5, 0.6) is 5.75 Å². The molecular weight excluding hydrogens is 322 g/mol. The van der Waals surface area contributed by atoms with Gasteiger partial charge in [0.2, 0.25) is 10.0 Å². The van der Waals surface area contributed by atoms with Crippen molar-refractivity contribution < 1.29 is 22.5 Å². The number of ether oxygens (including phenoxy) is 1. The maximum atomic E-state index is 11.9. The Hall–Kier alpha value is -2.55. The predicted octanol–water partition coefficient (Wildman–Crippen LogP) is 1.16. The normalized spacial score (nSPS) is 11.0. The van der Waals surface area contributed by atoms with Crippen LogP contribution in [0, 0.1) is 6.92 Å². The number of sulfonamides is 1. The van der Waals surface area contributed by atoms with Crippen LogP contribution in [0.1, 0.15) is 16.1 Å². The topological polar surface area (TPSA) is 111 Å². The first-order valence-corrected chi connectivity index (χ1v) is 8.41. The number of carbonyl (C=O) groups excluding carboxylic acids is 1. The number of aryl methyl sites for hydroxylation is 1. The molecule has 124 valence electrons. The first-order chi connectivity index (χ1) is 10.9. The van der Waals surface area contributed by atoms with Crippen molar-refractivity contribution in [2.75, 3.05) is 24.1 Å². The van der Waals surface area contributed by atoms with Gasteiger partial charge in [-0.2, -0.15) is 0 Å². The van der Waals surface area contributed by atoms with Crippen LogP contribution in [0.3, 0.4) is 0 Å². The second-order valence-corrected chi connectivity index (χ2v) is 6.57. The SMILES string of the molecule is COc1ccc(C(=O)NCCS(=O)(=O)Nc2cc(C)on2)cc1. The maximum absolute atomic E-state index is 11.9. The van der Waals surface area contributed by atoms with Gasteiger partial charge in [-0.15, -0.1) is 0 Å². The lowest BCUT2D eigenvalue weighted by Crippen LogP contribution is -2.31. The largest absolute Gasteiger partial charge is 0.497 e. The number of benzene rings is 1. The molecule has 23 heavy (non-hydrogen) atoms. The quantitative estimate of drug-likeness (QED) is 0.783. The third kappa shape index (κ3) is 4.99. The molecule has 0 aliphatic carbocycles. The lowest BCUT2D eigenvalue weighted by molar-refractivity contribution is 0.0956. The van der Waals surface area contributed by atoms with E-state index in [1.165, 1.54) is 13.2 Å². The summed E-state index contributed by atoms with van der Waals surface area (Å²) in [5.41, 5.74) is 0.420. The Morgan fingerprint density at radius 2 is 2.00 bits per heavy atom. The third-order valence-electron chi connectivity index (χ3n) is 2.90. The fourth-order valence-electron chi connectivity index (χ4n) is 1.77. The fraction of sp³-hybridized carbons (Fsp3) is 0.286. The van der Waals surface area contributed by atoms with Crippen LogP contribution in [0.25, 0.3) is 0 Å². The van der Waals surface area contributed by atoms with E-state index in [-0.39, 0.29) is 24.0 Å². The Labute approximate surface area is 133 Å². The first-order valence-electron chi connectivity index (χ1n) is 6.76. The summed E-state index contributed by atoms with van der Waals surface area (Å²) in [4.78, 5) is 11.9. The van der Waals surface area contributed by atoms with Crippen LogP contribution in [0.15, 0.2) is 34.9 Å². The van der Waals surface area contributed by atoms with E-state index >= 15 is 0 Å². The average molecular weight is 339 g/mol. The molecule has 0 saturated heterocycles. The molecule has 2 aromatic rings.